The quantitative estimate of drug-likeness (QED) is 0.244. The molecule has 0 atom stereocenters. The van der Waals surface area contributed by atoms with Gasteiger partial charge in [0.05, 0.1) is 12.7 Å². The fraction of sp³-hybridized carbons (Fsp3) is 0.0769. The second-order valence-electron chi connectivity index (χ2n) is 6.90. The van der Waals surface area contributed by atoms with Crippen LogP contribution in [0.2, 0.25) is 0 Å². The molecule has 0 N–H and O–H groups in total. The molecule has 4 aromatic rings. The van der Waals surface area contributed by atoms with E-state index in [-0.39, 0.29) is 0 Å². The smallest absolute Gasteiger partial charge is 0.344 e. The van der Waals surface area contributed by atoms with Gasteiger partial charge < -0.3 is 13.9 Å². The van der Waals surface area contributed by atoms with Gasteiger partial charge in [-0.1, -0.05) is 54.6 Å². The van der Waals surface area contributed by atoms with Crippen molar-refractivity contribution in [1.82, 2.24) is 0 Å². The molecular weight excluding hydrogens is 392 g/mol. The number of rotatable bonds is 5. The van der Waals surface area contributed by atoms with Crippen LogP contribution in [-0.4, -0.2) is 13.1 Å². The second-order valence-corrected chi connectivity index (χ2v) is 6.90. The largest absolute Gasteiger partial charge is 0.497 e. The maximum absolute atomic E-state index is 13.0. The third-order valence-corrected chi connectivity index (χ3v) is 4.80. The van der Waals surface area contributed by atoms with Crippen LogP contribution in [0.5, 0.6) is 11.5 Å². The molecule has 0 aliphatic heterocycles. The van der Waals surface area contributed by atoms with E-state index in [0.717, 1.165) is 27.8 Å². The first kappa shape index (κ1) is 20.2. The standard InChI is InChI=1S/C26H20O5/c1-17(27)30-21-13-15-22-23(14-10-18-8-11-20(29-2)12-9-18)25(19-6-4-3-5-7-19)26(28)31-24(22)16-21/h3-16H,1-2H3/b14-10+. The number of hydrogen-bond acceptors (Lipinski definition) is 5. The molecule has 5 heteroatoms. The molecule has 154 valence electrons. The van der Waals surface area contributed by atoms with Gasteiger partial charge in [-0.3, -0.25) is 4.79 Å². The first-order valence-corrected chi connectivity index (χ1v) is 9.72. The molecule has 0 saturated heterocycles. The van der Waals surface area contributed by atoms with Gasteiger partial charge in [-0.2, -0.15) is 0 Å². The summed E-state index contributed by atoms with van der Waals surface area (Å²) in [6.45, 7) is 1.32. The van der Waals surface area contributed by atoms with Crippen molar-refractivity contribution in [2.24, 2.45) is 0 Å². The Morgan fingerprint density at radius 2 is 1.61 bits per heavy atom. The molecule has 0 spiro atoms. The summed E-state index contributed by atoms with van der Waals surface area (Å²) >= 11 is 0. The van der Waals surface area contributed by atoms with Crippen molar-refractivity contribution >= 4 is 29.1 Å². The number of ether oxygens (including phenoxy) is 2. The van der Waals surface area contributed by atoms with Crippen LogP contribution in [-0.2, 0) is 4.79 Å². The average Bonchev–Trinajstić information content (AvgIpc) is 2.77. The maximum Gasteiger partial charge on any atom is 0.344 e. The lowest BCUT2D eigenvalue weighted by molar-refractivity contribution is -0.131. The van der Waals surface area contributed by atoms with Gasteiger partial charge in [0.25, 0.3) is 0 Å². The number of hydrogen-bond donors (Lipinski definition) is 0. The van der Waals surface area contributed by atoms with Crippen LogP contribution in [0, 0.1) is 0 Å². The Morgan fingerprint density at radius 1 is 0.903 bits per heavy atom. The van der Waals surface area contributed by atoms with Crippen LogP contribution >= 0.6 is 0 Å². The normalized spacial score (nSPS) is 11.0. The van der Waals surface area contributed by atoms with Gasteiger partial charge >= 0.3 is 11.6 Å². The highest BCUT2D eigenvalue weighted by atomic mass is 16.5. The molecule has 0 aliphatic carbocycles. The van der Waals surface area contributed by atoms with E-state index >= 15 is 0 Å². The molecule has 0 bridgehead atoms. The van der Waals surface area contributed by atoms with Gasteiger partial charge in [-0.05, 0) is 35.4 Å². The summed E-state index contributed by atoms with van der Waals surface area (Å²) in [7, 11) is 1.62. The lowest BCUT2D eigenvalue weighted by atomic mass is 9.97. The van der Waals surface area contributed by atoms with Gasteiger partial charge in [0, 0.05) is 23.9 Å². The van der Waals surface area contributed by atoms with Gasteiger partial charge in [-0.15, -0.1) is 0 Å². The maximum atomic E-state index is 13.0. The Hall–Kier alpha value is -4.12. The van der Waals surface area contributed by atoms with Crippen molar-refractivity contribution in [2.75, 3.05) is 7.11 Å². The minimum Gasteiger partial charge on any atom is -0.497 e. The van der Waals surface area contributed by atoms with Crippen molar-refractivity contribution in [2.45, 2.75) is 6.92 Å². The van der Waals surface area contributed by atoms with Gasteiger partial charge in [0.2, 0.25) is 0 Å². The molecule has 1 heterocycles. The number of esters is 1. The minimum absolute atomic E-state index is 0.320. The van der Waals surface area contributed by atoms with E-state index in [1.54, 1.807) is 25.3 Å². The zero-order valence-electron chi connectivity index (χ0n) is 17.1. The SMILES string of the molecule is COc1ccc(/C=C/c2c(-c3ccccc3)c(=O)oc3cc(OC(C)=O)ccc23)cc1. The summed E-state index contributed by atoms with van der Waals surface area (Å²) in [5, 5.41) is 0.735. The number of fused-ring (bicyclic) bond motifs is 1. The number of methoxy groups -OCH3 is 1. The van der Waals surface area contributed by atoms with E-state index < -0.39 is 11.6 Å². The molecule has 5 nitrogen and oxygen atoms in total. The molecule has 3 aromatic carbocycles. The molecule has 0 aliphatic rings. The highest BCUT2D eigenvalue weighted by Gasteiger charge is 2.15. The molecule has 0 amide bonds. The molecule has 0 fully saturated rings. The Kier molecular flexibility index (Phi) is 5.67. The summed E-state index contributed by atoms with van der Waals surface area (Å²) in [5.74, 6) is 0.647. The van der Waals surface area contributed by atoms with Crippen LogP contribution in [0.25, 0.3) is 34.2 Å². The van der Waals surface area contributed by atoms with Crippen molar-refractivity contribution in [3.05, 3.63) is 94.3 Å². The van der Waals surface area contributed by atoms with E-state index in [4.69, 9.17) is 13.9 Å². The molecule has 0 radical (unpaired) electrons. The van der Waals surface area contributed by atoms with Gasteiger partial charge in [0.15, 0.2) is 0 Å². The lowest BCUT2D eigenvalue weighted by Gasteiger charge is -2.10. The molecule has 31 heavy (non-hydrogen) atoms. The van der Waals surface area contributed by atoms with Crippen LogP contribution in [0.4, 0.5) is 0 Å². The summed E-state index contributed by atoms with van der Waals surface area (Å²) < 4.78 is 15.9. The summed E-state index contributed by atoms with van der Waals surface area (Å²) in [4.78, 5) is 24.3. The molecule has 4 rings (SSSR count). The molecule has 0 saturated carbocycles. The van der Waals surface area contributed by atoms with Crippen LogP contribution in [0.15, 0.2) is 82.0 Å². The van der Waals surface area contributed by atoms with Crippen molar-refractivity contribution in [1.29, 1.82) is 0 Å². The third-order valence-electron chi connectivity index (χ3n) is 4.80. The zero-order valence-corrected chi connectivity index (χ0v) is 17.1. The third kappa shape index (κ3) is 4.41. The van der Waals surface area contributed by atoms with E-state index in [0.29, 0.717) is 16.9 Å². The van der Waals surface area contributed by atoms with Crippen molar-refractivity contribution in [3.63, 3.8) is 0 Å². The van der Waals surface area contributed by atoms with E-state index in [2.05, 4.69) is 0 Å². The first-order chi connectivity index (χ1) is 15.0. The average molecular weight is 412 g/mol. The van der Waals surface area contributed by atoms with E-state index in [9.17, 15) is 9.59 Å². The Morgan fingerprint density at radius 3 is 2.29 bits per heavy atom. The predicted octanol–water partition coefficient (Wildman–Crippen LogP) is 5.56. The molecule has 1 aromatic heterocycles. The Labute approximate surface area is 179 Å². The second kappa shape index (κ2) is 8.71. The van der Waals surface area contributed by atoms with Crippen molar-refractivity contribution < 1.29 is 18.7 Å². The lowest BCUT2D eigenvalue weighted by Crippen LogP contribution is -2.07. The highest BCUT2D eigenvalue weighted by Crippen LogP contribution is 2.31. The topological polar surface area (TPSA) is 65.7 Å². The Bertz CT molecular complexity index is 1320. The fourth-order valence-electron chi connectivity index (χ4n) is 3.38. The zero-order chi connectivity index (χ0) is 21.8. The number of carbonyl (C=O) groups is 1. The van der Waals surface area contributed by atoms with Crippen LogP contribution in [0.1, 0.15) is 18.1 Å². The predicted molar refractivity (Wildman–Crippen MR) is 121 cm³/mol. The number of benzene rings is 3. The van der Waals surface area contributed by atoms with Gasteiger partial charge in [-0.25, -0.2) is 4.79 Å². The van der Waals surface area contributed by atoms with Gasteiger partial charge in [0.1, 0.15) is 17.1 Å². The molecule has 0 unspecified atom stereocenters. The van der Waals surface area contributed by atoms with Crippen molar-refractivity contribution in [3.8, 4) is 22.6 Å². The minimum atomic E-state index is -0.465. The Balaban J connectivity index is 1.90. The monoisotopic (exact) mass is 412 g/mol. The first-order valence-electron chi connectivity index (χ1n) is 9.72. The molecular formula is C26H20O5. The summed E-state index contributed by atoms with van der Waals surface area (Å²) in [6, 6.07) is 22.0. The van der Waals surface area contributed by atoms with Crippen LogP contribution in [0.3, 0.4) is 0 Å². The van der Waals surface area contributed by atoms with E-state index in [1.165, 1.54) is 6.92 Å². The fourth-order valence-corrected chi connectivity index (χ4v) is 3.38. The number of carbonyl (C=O) groups excluding carboxylic acids is 1. The van der Waals surface area contributed by atoms with E-state index in [1.807, 2.05) is 66.7 Å². The summed E-state index contributed by atoms with van der Waals surface area (Å²) in [6.07, 6.45) is 3.83. The summed E-state index contributed by atoms with van der Waals surface area (Å²) in [5.41, 5.74) is 2.79. The highest BCUT2D eigenvalue weighted by molar-refractivity contribution is 5.96. The van der Waals surface area contributed by atoms with Crippen LogP contribution < -0.4 is 15.1 Å².